The van der Waals surface area contributed by atoms with E-state index in [2.05, 4.69) is 34.8 Å². The largest absolute Gasteiger partial charge is 0.415 e. The maximum Gasteiger partial charge on any atom is 0.314 e. The molecule has 0 aliphatic rings. The summed E-state index contributed by atoms with van der Waals surface area (Å²) in [6.45, 7) is 7.90. The predicted molar refractivity (Wildman–Crippen MR) is 145 cm³/mol. The molecule has 0 atom stereocenters. The lowest BCUT2D eigenvalue weighted by atomic mass is 10.2. The summed E-state index contributed by atoms with van der Waals surface area (Å²) in [4.78, 5) is 23.1. The molecule has 0 aliphatic carbocycles. The van der Waals surface area contributed by atoms with Crippen LogP contribution in [0.3, 0.4) is 0 Å². The van der Waals surface area contributed by atoms with Crippen molar-refractivity contribution in [2.24, 2.45) is 0 Å². The number of aromatic nitrogens is 6. The topological polar surface area (TPSA) is 101 Å². The van der Waals surface area contributed by atoms with E-state index in [-0.39, 0.29) is 24.7 Å². The monoisotopic (exact) mass is 550 g/mol. The van der Waals surface area contributed by atoms with Crippen LogP contribution in [-0.4, -0.2) is 44.0 Å². The van der Waals surface area contributed by atoms with E-state index < -0.39 is 20.4 Å². The predicted octanol–water partition coefficient (Wildman–Crippen LogP) is 5.61. The van der Waals surface area contributed by atoms with E-state index in [0.29, 0.717) is 34.7 Å². The first-order valence-electron chi connectivity index (χ1n) is 12.5. The van der Waals surface area contributed by atoms with E-state index in [4.69, 9.17) is 14.1 Å². The van der Waals surface area contributed by atoms with Crippen LogP contribution in [0.2, 0.25) is 25.7 Å². The molecule has 4 aromatic heterocycles. The number of ether oxygens (including phenoxy) is 1. The van der Waals surface area contributed by atoms with Crippen molar-refractivity contribution in [1.82, 2.24) is 29.3 Å². The van der Waals surface area contributed by atoms with Gasteiger partial charge in [-0.3, -0.25) is 14.3 Å². The number of fused-ring (bicyclic) bond motifs is 1. The normalized spacial score (nSPS) is 12.1. The molecule has 0 bridgehead atoms. The summed E-state index contributed by atoms with van der Waals surface area (Å²) in [6.07, 6.45) is 0.415. The number of pyridine rings is 1. The van der Waals surface area contributed by atoms with Crippen molar-refractivity contribution in [3.63, 3.8) is 0 Å². The van der Waals surface area contributed by atoms with Crippen LogP contribution < -0.4 is 5.56 Å². The van der Waals surface area contributed by atoms with E-state index in [0.717, 1.165) is 11.6 Å². The molecule has 202 valence electrons. The Morgan fingerprint density at radius 2 is 1.82 bits per heavy atom. The van der Waals surface area contributed by atoms with Gasteiger partial charge in [0.1, 0.15) is 18.1 Å². The van der Waals surface area contributed by atoms with E-state index in [9.17, 15) is 13.6 Å². The number of alkyl halides is 2. The molecule has 12 heteroatoms. The van der Waals surface area contributed by atoms with Crippen LogP contribution in [-0.2, 0) is 18.0 Å². The van der Waals surface area contributed by atoms with Gasteiger partial charge in [-0.15, -0.1) is 10.2 Å². The Labute approximate surface area is 224 Å². The summed E-state index contributed by atoms with van der Waals surface area (Å²) in [7, 11) is -1.24. The molecular formula is C27H28F2N6O3Si. The molecule has 9 nitrogen and oxygen atoms in total. The molecular weight excluding hydrogens is 522 g/mol. The van der Waals surface area contributed by atoms with Crippen LogP contribution in [0.4, 0.5) is 8.78 Å². The number of nitrogens with zero attached hydrogens (tertiary/aromatic N) is 6. The summed E-state index contributed by atoms with van der Waals surface area (Å²) < 4.78 is 39.9. The lowest BCUT2D eigenvalue weighted by Crippen LogP contribution is -2.26. The quantitative estimate of drug-likeness (QED) is 0.165. The van der Waals surface area contributed by atoms with Gasteiger partial charge in [-0.2, -0.15) is 8.78 Å². The minimum absolute atomic E-state index is 0.0541. The highest BCUT2D eigenvalue weighted by Crippen LogP contribution is 2.24. The van der Waals surface area contributed by atoms with Crippen LogP contribution in [0.1, 0.15) is 18.0 Å². The van der Waals surface area contributed by atoms with Crippen LogP contribution in [0.5, 0.6) is 0 Å². The molecule has 0 unspecified atom stereocenters. The zero-order valence-electron chi connectivity index (χ0n) is 21.8. The maximum atomic E-state index is 13.9. The number of hydrogen-bond donors (Lipinski definition) is 0. The second-order valence-corrected chi connectivity index (χ2v) is 16.0. The molecule has 1 aromatic carbocycles. The van der Waals surface area contributed by atoms with Crippen molar-refractivity contribution in [3.05, 3.63) is 82.9 Å². The average molecular weight is 551 g/mol. The molecule has 5 aromatic rings. The Bertz CT molecular complexity index is 1630. The van der Waals surface area contributed by atoms with E-state index >= 15 is 0 Å². The van der Waals surface area contributed by atoms with Gasteiger partial charge in [-0.25, -0.2) is 4.98 Å². The molecule has 0 saturated carbocycles. The zero-order valence-corrected chi connectivity index (χ0v) is 22.8. The van der Waals surface area contributed by atoms with Crippen LogP contribution in [0.15, 0.2) is 70.1 Å². The molecule has 0 N–H and O–H groups in total. The van der Waals surface area contributed by atoms with Crippen LogP contribution >= 0.6 is 0 Å². The molecule has 0 aliphatic heterocycles. The Morgan fingerprint density at radius 1 is 1.03 bits per heavy atom. The van der Waals surface area contributed by atoms with Gasteiger partial charge in [-0.1, -0.05) is 50.0 Å². The molecule has 0 radical (unpaired) electrons. The standard InChI is InChI=1S/C27H28F2N6O3Si/c1-39(2,3)14-13-37-17-34-12-11-21-22(34)27(36)35(24(31-21)18-7-5-4-6-8-18)16-20-10-9-19(15-30-20)25-32-33-26(38-25)23(28)29/h4-12,15,23H,13-14,16-17H2,1-3H3. The highest BCUT2D eigenvalue weighted by Gasteiger charge is 2.19. The summed E-state index contributed by atoms with van der Waals surface area (Å²) in [5, 5.41) is 7.01. The van der Waals surface area contributed by atoms with Gasteiger partial charge in [0, 0.05) is 32.6 Å². The number of halogens is 2. The van der Waals surface area contributed by atoms with Gasteiger partial charge < -0.3 is 13.7 Å². The minimum atomic E-state index is -2.85. The van der Waals surface area contributed by atoms with E-state index in [1.54, 1.807) is 21.3 Å². The zero-order chi connectivity index (χ0) is 27.6. The van der Waals surface area contributed by atoms with Crippen molar-refractivity contribution in [2.75, 3.05) is 6.61 Å². The first kappa shape index (κ1) is 26.6. The summed E-state index contributed by atoms with van der Waals surface area (Å²) >= 11 is 0. The summed E-state index contributed by atoms with van der Waals surface area (Å²) in [5.41, 5.74) is 2.56. The Hall–Kier alpha value is -4.03. The molecule has 0 saturated heterocycles. The van der Waals surface area contributed by atoms with Gasteiger partial charge in [0.25, 0.3) is 11.4 Å². The van der Waals surface area contributed by atoms with E-state index in [1.807, 2.05) is 42.6 Å². The fourth-order valence-electron chi connectivity index (χ4n) is 4.03. The van der Waals surface area contributed by atoms with Crippen molar-refractivity contribution in [1.29, 1.82) is 0 Å². The third-order valence-electron chi connectivity index (χ3n) is 6.15. The van der Waals surface area contributed by atoms with Crippen LogP contribution in [0, 0.1) is 0 Å². The van der Waals surface area contributed by atoms with Crippen molar-refractivity contribution in [2.45, 2.75) is 45.4 Å². The number of benzene rings is 1. The molecule has 4 heterocycles. The summed E-state index contributed by atoms with van der Waals surface area (Å²) in [5.74, 6) is -0.295. The first-order valence-corrected chi connectivity index (χ1v) is 16.2. The van der Waals surface area contributed by atoms with Crippen molar-refractivity contribution in [3.8, 4) is 22.8 Å². The fraction of sp³-hybridized carbons (Fsp3) is 0.296. The third kappa shape index (κ3) is 6.01. The SMILES string of the molecule is C[Si](C)(C)CCOCn1ccc2nc(-c3ccccc3)n(Cc3ccc(-c4nnc(C(F)F)o4)cn3)c(=O)c21. The Kier molecular flexibility index (Phi) is 7.48. The van der Waals surface area contributed by atoms with Crippen LogP contribution in [0.25, 0.3) is 33.9 Å². The minimum Gasteiger partial charge on any atom is -0.415 e. The van der Waals surface area contributed by atoms with Gasteiger partial charge >= 0.3 is 6.43 Å². The number of rotatable bonds is 10. The summed E-state index contributed by atoms with van der Waals surface area (Å²) in [6, 6.07) is 15.6. The lowest BCUT2D eigenvalue weighted by Gasteiger charge is -2.16. The van der Waals surface area contributed by atoms with Gasteiger partial charge in [-0.05, 0) is 24.2 Å². The highest BCUT2D eigenvalue weighted by molar-refractivity contribution is 6.76. The molecule has 39 heavy (non-hydrogen) atoms. The Balaban J connectivity index is 1.48. The molecule has 0 spiro atoms. The molecule has 0 fully saturated rings. The lowest BCUT2D eigenvalue weighted by molar-refractivity contribution is 0.0901. The van der Waals surface area contributed by atoms with Crippen molar-refractivity contribution < 1.29 is 17.9 Å². The smallest absolute Gasteiger partial charge is 0.314 e. The number of hydrogen-bond acceptors (Lipinski definition) is 7. The third-order valence-corrected chi connectivity index (χ3v) is 7.85. The second-order valence-electron chi connectivity index (χ2n) is 10.3. The molecule has 5 rings (SSSR count). The van der Waals surface area contributed by atoms with E-state index in [1.165, 1.54) is 6.20 Å². The van der Waals surface area contributed by atoms with Gasteiger partial charge in [0.15, 0.2) is 0 Å². The Morgan fingerprint density at radius 3 is 2.49 bits per heavy atom. The maximum absolute atomic E-state index is 13.9. The van der Waals surface area contributed by atoms with Crippen molar-refractivity contribution >= 4 is 19.1 Å². The van der Waals surface area contributed by atoms with Gasteiger partial charge in [0.05, 0.1) is 23.3 Å². The van der Waals surface area contributed by atoms with Gasteiger partial charge in [0.2, 0.25) is 5.89 Å². The molecule has 0 amide bonds. The fourth-order valence-corrected chi connectivity index (χ4v) is 4.79. The first-order chi connectivity index (χ1) is 18.7. The average Bonchev–Trinajstić information content (AvgIpc) is 3.57. The second kappa shape index (κ2) is 11.0. The highest BCUT2D eigenvalue weighted by atomic mass is 28.3.